The van der Waals surface area contributed by atoms with Gasteiger partial charge in [0.05, 0.1) is 0 Å². The molecule has 1 aliphatic carbocycles. The summed E-state index contributed by atoms with van der Waals surface area (Å²) in [5, 5.41) is 9.45. The highest BCUT2D eigenvalue weighted by atomic mass is 35.5. The second-order valence-electron chi connectivity index (χ2n) is 6.85. The van der Waals surface area contributed by atoms with Crippen LogP contribution in [0.2, 0.25) is 0 Å². The van der Waals surface area contributed by atoms with Crippen LogP contribution in [0.15, 0.2) is 48.5 Å². The first kappa shape index (κ1) is 21.9. The van der Waals surface area contributed by atoms with Crippen molar-refractivity contribution < 1.29 is 19.4 Å². The molecule has 0 aromatic heterocycles. The minimum atomic E-state index is -2.05. The summed E-state index contributed by atoms with van der Waals surface area (Å²) < 4.78 is 5.42. The molecule has 1 aliphatic rings. The molecule has 2 aromatic rings. The van der Waals surface area contributed by atoms with Crippen LogP contribution in [-0.4, -0.2) is 35.7 Å². The SMILES string of the molecule is Cl.NCCCC[C@](N)(C(=O)O)C(=O)OCC1c2ccccc2-c2ccccc21. The lowest BCUT2D eigenvalue weighted by Crippen LogP contribution is -2.56. The molecule has 7 heteroatoms. The van der Waals surface area contributed by atoms with E-state index in [1.165, 1.54) is 0 Å². The second kappa shape index (κ2) is 9.19. The van der Waals surface area contributed by atoms with Gasteiger partial charge >= 0.3 is 11.9 Å². The van der Waals surface area contributed by atoms with Gasteiger partial charge in [-0.3, -0.25) is 0 Å². The largest absolute Gasteiger partial charge is 0.479 e. The first-order chi connectivity index (χ1) is 13.0. The molecule has 5 N–H and O–H groups in total. The summed E-state index contributed by atoms with van der Waals surface area (Å²) in [5.41, 5.74) is 13.6. The van der Waals surface area contributed by atoms with Crippen molar-refractivity contribution in [2.75, 3.05) is 13.2 Å². The van der Waals surface area contributed by atoms with E-state index in [1.54, 1.807) is 0 Å². The van der Waals surface area contributed by atoms with Gasteiger partial charge in [0, 0.05) is 5.92 Å². The molecule has 0 amide bonds. The van der Waals surface area contributed by atoms with Gasteiger partial charge in [0.2, 0.25) is 5.54 Å². The number of ether oxygens (including phenoxy) is 1. The van der Waals surface area contributed by atoms with Gasteiger partial charge in [0.1, 0.15) is 6.61 Å². The van der Waals surface area contributed by atoms with Crippen LogP contribution in [0.3, 0.4) is 0 Å². The van der Waals surface area contributed by atoms with Crippen LogP contribution in [0.4, 0.5) is 0 Å². The summed E-state index contributed by atoms with van der Waals surface area (Å²) in [5.74, 6) is -2.42. The van der Waals surface area contributed by atoms with Gasteiger partial charge in [0.25, 0.3) is 0 Å². The normalized spacial score (nSPS) is 14.4. The molecule has 0 saturated carbocycles. The number of unbranched alkanes of at least 4 members (excludes halogenated alkanes) is 1. The number of aliphatic carboxylic acids is 1. The number of rotatable bonds is 8. The Labute approximate surface area is 170 Å². The van der Waals surface area contributed by atoms with Gasteiger partial charge in [-0.1, -0.05) is 48.5 Å². The number of hydrogen-bond acceptors (Lipinski definition) is 5. The van der Waals surface area contributed by atoms with E-state index in [-0.39, 0.29) is 31.4 Å². The third kappa shape index (κ3) is 4.04. The Hall–Kier alpha value is -2.41. The van der Waals surface area contributed by atoms with Crippen molar-refractivity contribution in [1.82, 2.24) is 0 Å². The maximum absolute atomic E-state index is 12.5. The first-order valence-electron chi connectivity index (χ1n) is 9.07. The molecular formula is C21H25ClN2O4. The van der Waals surface area contributed by atoms with Crippen LogP contribution in [-0.2, 0) is 14.3 Å². The van der Waals surface area contributed by atoms with E-state index < -0.39 is 17.5 Å². The molecule has 0 spiro atoms. The smallest absolute Gasteiger partial charge is 0.337 e. The summed E-state index contributed by atoms with van der Waals surface area (Å²) in [7, 11) is 0. The number of carbonyl (C=O) groups excluding carboxylic acids is 1. The molecule has 0 bridgehead atoms. The monoisotopic (exact) mass is 404 g/mol. The number of benzene rings is 2. The quantitative estimate of drug-likeness (QED) is 0.354. The summed E-state index contributed by atoms with van der Waals surface area (Å²) in [6.45, 7) is 0.469. The zero-order chi connectivity index (χ0) is 19.4. The van der Waals surface area contributed by atoms with Crippen molar-refractivity contribution in [3.63, 3.8) is 0 Å². The van der Waals surface area contributed by atoms with Crippen LogP contribution in [0.5, 0.6) is 0 Å². The Balaban J connectivity index is 0.00000280. The molecular weight excluding hydrogens is 380 g/mol. The van der Waals surface area contributed by atoms with E-state index in [1.807, 2.05) is 48.5 Å². The van der Waals surface area contributed by atoms with Crippen molar-refractivity contribution in [3.05, 3.63) is 59.7 Å². The average Bonchev–Trinajstić information content (AvgIpc) is 3.00. The Morgan fingerprint density at radius 1 is 1.00 bits per heavy atom. The van der Waals surface area contributed by atoms with E-state index in [0.29, 0.717) is 19.4 Å². The highest BCUT2D eigenvalue weighted by molar-refractivity contribution is 6.03. The number of esters is 1. The molecule has 0 unspecified atom stereocenters. The molecule has 0 fully saturated rings. The Morgan fingerprint density at radius 3 is 2.04 bits per heavy atom. The number of carbonyl (C=O) groups is 2. The van der Waals surface area contributed by atoms with Gasteiger partial charge in [-0.05, 0) is 48.1 Å². The first-order valence-corrected chi connectivity index (χ1v) is 9.07. The number of hydrogen-bond donors (Lipinski definition) is 3. The zero-order valence-electron chi connectivity index (χ0n) is 15.5. The molecule has 6 nitrogen and oxygen atoms in total. The van der Waals surface area contributed by atoms with E-state index in [0.717, 1.165) is 22.3 Å². The number of halogens is 1. The minimum absolute atomic E-state index is 0. The van der Waals surface area contributed by atoms with E-state index in [2.05, 4.69) is 0 Å². The van der Waals surface area contributed by atoms with Gasteiger partial charge in [0.15, 0.2) is 0 Å². The van der Waals surface area contributed by atoms with E-state index in [4.69, 9.17) is 16.2 Å². The lowest BCUT2D eigenvalue weighted by Gasteiger charge is -2.24. The molecule has 150 valence electrons. The Bertz CT molecular complexity index is 812. The number of fused-ring (bicyclic) bond motifs is 3. The van der Waals surface area contributed by atoms with E-state index >= 15 is 0 Å². The maximum atomic E-state index is 12.5. The van der Waals surface area contributed by atoms with Crippen LogP contribution >= 0.6 is 12.4 Å². The standard InChI is InChI=1S/C21H24N2O4.ClH/c22-12-6-5-11-21(23,19(24)25)20(26)27-13-18-16-9-3-1-7-14(16)15-8-2-4-10-17(15)18;/h1-4,7-10,18H,5-6,11-13,22-23H2,(H,24,25);1H/t21-;/m0./s1. The topological polar surface area (TPSA) is 116 Å². The number of nitrogens with two attached hydrogens (primary N) is 2. The number of carboxylic acids is 1. The predicted octanol–water partition coefficient (Wildman–Crippen LogP) is 2.68. The van der Waals surface area contributed by atoms with Crippen LogP contribution in [0.1, 0.15) is 36.3 Å². The van der Waals surface area contributed by atoms with Crippen molar-refractivity contribution in [2.24, 2.45) is 11.5 Å². The second-order valence-corrected chi connectivity index (χ2v) is 6.85. The molecule has 0 radical (unpaired) electrons. The van der Waals surface area contributed by atoms with Gasteiger partial charge in [-0.15, -0.1) is 12.4 Å². The fraction of sp³-hybridized carbons (Fsp3) is 0.333. The molecule has 0 heterocycles. The Kier molecular flexibility index (Phi) is 7.18. The maximum Gasteiger partial charge on any atom is 0.337 e. The van der Waals surface area contributed by atoms with Crippen molar-refractivity contribution >= 4 is 24.3 Å². The molecule has 0 saturated heterocycles. The van der Waals surface area contributed by atoms with Gasteiger partial charge in [-0.2, -0.15) is 0 Å². The van der Waals surface area contributed by atoms with Gasteiger partial charge in [-0.25, -0.2) is 9.59 Å². The van der Waals surface area contributed by atoms with Crippen molar-refractivity contribution in [2.45, 2.75) is 30.7 Å². The molecule has 28 heavy (non-hydrogen) atoms. The number of carboxylic acid groups (broad SMARTS) is 1. The van der Waals surface area contributed by atoms with Crippen LogP contribution in [0, 0.1) is 0 Å². The highest BCUT2D eigenvalue weighted by Crippen LogP contribution is 2.44. The lowest BCUT2D eigenvalue weighted by atomic mass is 9.93. The third-order valence-electron chi connectivity index (χ3n) is 5.11. The minimum Gasteiger partial charge on any atom is -0.479 e. The lowest BCUT2D eigenvalue weighted by molar-refractivity contribution is -0.161. The zero-order valence-corrected chi connectivity index (χ0v) is 16.3. The summed E-state index contributed by atoms with van der Waals surface area (Å²) in [4.78, 5) is 24.1. The van der Waals surface area contributed by atoms with Crippen molar-refractivity contribution in [1.29, 1.82) is 0 Å². The highest BCUT2D eigenvalue weighted by Gasteiger charge is 2.44. The van der Waals surface area contributed by atoms with Gasteiger partial charge < -0.3 is 21.3 Å². The third-order valence-corrected chi connectivity index (χ3v) is 5.11. The van der Waals surface area contributed by atoms with Crippen molar-refractivity contribution in [3.8, 4) is 11.1 Å². The fourth-order valence-electron chi connectivity index (χ4n) is 3.57. The Morgan fingerprint density at radius 2 is 1.54 bits per heavy atom. The molecule has 2 aromatic carbocycles. The van der Waals surface area contributed by atoms with Crippen LogP contribution in [0.25, 0.3) is 11.1 Å². The summed E-state index contributed by atoms with van der Waals surface area (Å²) in [6, 6.07) is 15.9. The molecule has 0 aliphatic heterocycles. The summed E-state index contributed by atoms with van der Waals surface area (Å²) >= 11 is 0. The average molecular weight is 405 g/mol. The molecule has 3 rings (SSSR count). The van der Waals surface area contributed by atoms with E-state index in [9.17, 15) is 14.7 Å². The summed E-state index contributed by atoms with van der Waals surface area (Å²) in [6.07, 6.45) is 1.04. The van der Waals surface area contributed by atoms with Crippen LogP contribution < -0.4 is 11.5 Å². The fourth-order valence-corrected chi connectivity index (χ4v) is 3.57. The predicted molar refractivity (Wildman–Crippen MR) is 109 cm³/mol. The molecule has 1 atom stereocenters.